The summed E-state index contributed by atoms with van der Waals surface area (Å²) in [5.74, 6) is 0.428. The van der Waals surface area contributed by atoms with Gasteiger partial charge in [0.05, 0.1) is 0 Å². The van der Waals surface area contributed by atoms with E-state index in [1.54, 1.807) is 0 Å². The Morgan fingerprint density at radius 2 is 1.73 bits per heavy atom. The average molecular weight is 147 g/mol. The van der Waals surface area contributed by atoms with E-state index in [2.05, 4.69) is 35.7 Å². The summed E-state index contributed by atoms with van der Waals surface area (Å²) in [5, 5.41) is 2.97. The monoisotopic (exact) mass is 147 g/mol. The molecule has 0 heterocycles. The second-order valence-electron chi connectivity index (χ2n) is 2.38. The minimum absolute atomic E-state index is 0.428. The summed E-state index contributed by atoms with van der Waals surface area (Å²) >= 11 is 0. The summed E-state index contributed by atoms with van der Waals surface area (Å²) in [6.07, 6.45) is 16.5. The van der Waals surface area contributed by atoms with Gasteiger partial charge in [0, 0.05) is 13.0 Å². The van der Waals surface area contributed by atoms with Gasteiger partial charge in [-0.05, 0) is 6.20 Å². The Labute approximate surface area is 67.8 Å². The largest absolute Gasteiger partial charge is 0.394 e. The number of allylic oxidation sites excluding steroid dienone is 7. The molecule has 0 spiro atoms. The number of nitrogens with one attached hydrogen (secondary N) is 1. The molecule has 1 heteroatoms. The predicted octanol–water partition coefficient (Wildman–Crippen LogP) is 2.02. The van der Waals surface area contributed by atoms with E-state index >= 15 is 0 Å². The first-order valence-electron chi connectivity index (χ1n) is 3.79. The van der Waals surface area contributed by atoms with Gasteiger partial charge in [-0.1, -0.05) is 42.5 Å². The van der Waals surface area contributed by atoms with Crippen molar-refractivity contribution in [3.8, 4) is 0 Å². The Morgan fingerprint density at radius 3 is 2.27 bits per heavy atom. The second-order valence-corrected chi connectivity index (χ2v) is 2.38. The zero-order valence-electron chi connectivity index (χ0n) is 6.70. The molecule has 0 radical (unpaired) electrons. The van der Waals surface area contributed by atoms with Gasteiger partial charge in [0.15, 0.2) is 0 Å². The normalized spacial score (nSPS) is 17.5. The quantitative estimate of drug-likeness (QED) is 0.630. The van der Waals surface area contributed by atoms with Gasteiger partial charge in [-0.3, -0.25) is 0 Å². The molecule has 1 N–H and O–H groups in total. The van der Waals surface area contributed by atoms with Crippen LogP contribution >= 0.6 is 0 Å². The molecule has 0 aromatic heterocycles. The molecule has 0 aromatic carbocycles. The van der Waals surface area contributed by atoms with Crippen molar-refractivity contribution in [1.82, 2.24) is 5.32 Å². The Hall–Kier alpha value is -1.24. The highest BCUT2D eigenvalue weighted by Gasteiger charge is 1.92. The van der Waals surface area contributed by atoms with Crippen LogP contribution in [0, 0.1) is 5.92 Å². The van der Waals surface area contributed by atoms with Crippen LogP contribution in [0.15, 0.2) is 48.7 Å². The van der Waals surface area contributed by atoms with Crippen LogP contribution in [-0.2, 0) is 0 Å². The van der Waals surface area contributed by atoms with Crippen molar-refractivity contribution in [2.45, 2.75) is 0 Å². The number of rotatable bonds is 2. The van der Waals surface area contributed by atoms with E-state index in [0.717, 1.165) is 0 Å². The van der Waals surface area contributed by atoms with E-state index in [1.165, 1.54) is 0 Å². The summed E-state index contributed by atoms with van der Waals surface area (Å²) in [6, 6.07) is 0. The third-order valence-corrected chi connectivity index (χ3v) is 1.49. The summed E-state index contributed by atoms with van der Waals surface area (Å²) in [7, 11) is 1.90. The maximum absolute atomic E-state index is 2.97. The lowest BCUT2D eigenvalue weighted by atomic mass is 10.1. The second kappa shape index (κ2) is 4.56. The van der Waals surface area contributed by atoms with Gasteiger partial charge in [0.2, 0.25) is 0 Å². The summed E-state index contributed by atoms with van der Waals surface area (Å²) in [4.78, 5) is 0. The summed E-state index contributed by atoms with van der Waals surface area (Å²) in [6.45, 7) is 0. The Bertz CT molecular complexity index is 193. The molecular weight excluding hydrogens is 134 g/mol. The molecule has 1 aliphatic rings. The zero-order chi connectivity index (χ0) is 7.94. The highest BCUT2D eigenvalue weighted by molar-refractivity contribution is 5.22. The molecule has 0 amide bonds. The van der Waals surface area contributed by atoms with Crippen LogP contribution in [0.25, 0.3) is 0 Å². The lowest BCUT2D eigenvalue weighted by molar-refractivity contribution is 1.02. The lowest BCUT2D eigenvalue weighted by Crippen LogP contribution is -1.94. The molecule has 0 saturated carbocycles. The number of hydrogen-bond acceptors (Lipinski definition) is 1. The molecule has 0 bridgehead atoms. The molecule has 58 valence electrons. The molecular formula is C10H13N. The van der Waals surface area contributed by atoms with Crippen molar-refractivity contribution in [3.63, 3.8) is 0 Å². The van der Waals surface area contributed by atoms with Crippen molar-refractivity contribution < 1.29 is 0 Å². The van der Waals surface area contributed by atoms with Crippen LogP contribution in [0.1, 0.15) is 0 Å². The van der Waals surface area contributed by atoms with Crippen LogP contribution < -0.4 is 5.32 Å². The molecule has 0 fully saturated rings. The summed E-state index contributed by atoms with van der Waals surface area (Å²) in [5.41, 5.74) is 0. The fourth-order valence-electron chi connectivity index (χ4n) is 0.913. The van der Waals surface area contributed by atoms with Crippen LogP contribution in [0.3, 0.4) is 0 Å². The minimum Gasteiger partial charge on any atom is -0.394 e. The highest BCUT2D eigenvalue weighted by atomic mass is 14.8. The molecule has 0 aromatic rings. The van der Waals surface area contributed by atoms with Crippen LogP contribution in [0.5, 0.6) is 0 Å². The topological polar surface area (TPSA) is 12.0 Å². The molecule has 11 heavy (non-hydrogen) atoms. The van der Waals surface area contributed by atoms with Crippen molar-refractivity contribution in [2.24, 2.45) is 5.92 Å². The molecule has 0 unspecified atom stereocenters. The smallest absolute Gasteiger partial charge is 0.0150 e. The van der Waals surface area contributed by atoms with Gasteiger partial charge < -0.3 is 5.32 Å². The molecule has 1 nitrogen and oxygen atoms in total. The molecule has 0 atom stereocenters. The predicted molar refractivity (Wildman–Crippen MR) is 49.1 cm³/mol. The first-order chi connectivity index (χ1) is 5.43. The van der Waals surface area contributed by atoms with Crippen LogP contribution in [0.4, 0.5) is 0 Å². The Morgan fingerprint density at radius 1 is 1.09 bits per heavy atom. The van der Waals surface area contributed by atoms with Crippen molar-refractivity contribution >= 4 is 0 Å². The molecule has 0 saturated heterocycles. The third-order valence-electron chi connectivity index (χ3n) is 1.49. The van der Waals surface area contributed by atoms with Crippen LogP contribution in [0.2, 0.25) is 0 Å². The van der Waals surface area contributed by atoms with E-state index < -0.39 is 0 Å². The van der Waals surface area contributed by atoms with Gasteiger partial charge >= 0.3 is 0 Å². The maximum atomic E-state index is 2.97. The number of hydrogen-bond donors (Lipinski definition) is 1. The van der Waals surface area contributed by atoms with E-state index in [-0.39, 0.29) is 0 Å². The van der Waals surface area contributed by atoms with Gasteiger partial charge in [0.25, 0.3) is 0 Å². The first-order valence-corrected chi connectivity index (χ1v) is 3.79. The average Bonchev–Trinajstić information content (AvgIpc) is 2.28. The minimum atomic E-state index is 0.428. The molecule has 1 aliphatic carbocycles. The van der Waals surface area contributed by atoms with E-state index in [4.69, 9.17) is 0 Å². The lowest BCUT2D eigenvalue weighted by Gasteiger charge is -1.97. The van der Waals surface area contributed by atoms with Crippen LogP contribution in [-0.4, -0.2) is 7.05 Å². The van der Waals surface area contributed by atoms with Gasteiger partial charge in [-0.15, -0.1) is 0 Å². The van der Waals surface area contributed by atoms with E-state index in [1.807, 2.05) is 25.4 Å². The van der Waals surface area contributed by atoms with E-state index in [9.17, 15) is 0 Å². The van der Waals surface area contributed by atoms with Crippen molar-refractivity contribution in [2.75, 3.05) is 7.05 Å². The fraction of sp³-hybridized carbons (Fsp3) is 0.200. The fourth-order valence-corrected chi connectivity index (χ4v) is 0.913. The van der Waals surface area contributed by atoms with Crippen molar-refractivity contribution in [1.29, 1.82) is 0 Å². The highest BCUT2D eigenvalue weighted by Crippen LogP contribution is 2.06. The maximum Gasteiger partial charge on any atom is 0.0150 e. The van der Waals surface area contributed by atoms with Gasteiger partial charge in [-0.25, -0.2) is 0 Å². The van der Waals surface area contributed by atoms with Gasteiger partial charge in [0.1, 0.15) is 0 Å². The Balaban J connectivity index is 2.53. The zero-order valence-corrected chi connectivity index (χ0v) is 6.70. The van der Waals surface area contributed by atoms with Gasteiger partial charge in [-0.2, -0.15) is 0 Å². The summed E-state index contributed by atoms with van der Waals surface area (Å²) < 4.78 is 0. The SMILES string of the molecule is CN/C=C/C1C=CC=CC=C1. The van der Waals surface area contributed by atoms with E-state index in [0.29, 0.717) is 5.92 Å². The van der Waals surface area contributed by atoms with Crippen molar-refractivity contribution in [3.05, 3.63) is 48.7 Å². The third kappa shape index (κ3) is 2.89. The Kier molecular flexibility index (Phi) is 3.26. The molecule has 0 aliphatic heterocycles. The first kappa shape index (κ1) is 7.86. The standard InChI is InChI=1S/C10H13N/c1-11-9-8-10-6-4-2-3-5-7-10/h2-11H,1H3/b9-8+. The molecule has 1 rings (SSSR count).